The van der Waals surface area contributed by atoms with Crippen molar-refractivity contribution >= 4 is 78.8 Å². The average Bonchev–Trinajstić information content (AvgIpc) is 3.69. The molecule has 0 radical (unpaired) electrons. The SMILES string of the molecule is CCCCCCCCOc1ccc(-c2ccc(OCCCCCCCC)c(/C=C/c3ccc(Br)s3)c2)cc1/C=C/c1ccc(Br)s1. The summed E-state index contributed by atoms with van der Waals surface area (Å²) in [5, 5.41) is 0. The molecule has 0 bridgehead atoms. The third kappa shape index (κ3) is 12.8. The van der Waals surface area contributed by atoms with Crippen molar-refractivity contribution in [3.8, 4) is 22.6 Å². The summed E-state index contributed by atoms with van der Waals surface area (Å²) in [6, 6.07) is 21.6. The van der Waals surface area contributed by atoms with Crippen molar-refractivity contribution in [1.29, 1.82) is 0 Å². The predicted octanol–water partition coefficient (Wildman–Crippen LogP) is 14.8. The molecule has 0 N–H and O–H groups in total. The molecular formula is C40H48Br2O2S2. The van der Waals surface area contributed by atoms with Gasteiger partial charge in [0, 0.05) is 20.9 Å². The van der Waals surface area contributed by atoms with Gasteiger partial charge in [-0.15, -0.1) is 22.7 Å². The number of hydrogen-bond donors (Lipinski definition) is 0. The van der Waals surface area contributed by atoms with Crippen molar-refractivity contribution < 1.29 is 9.47 Å². The zero-order valence-corrected chi connectivity index (χ0v) is 32.2. The minimum Gasteiger partial charge on any atom is -0.493 e. The van der Waals surface area contributed by atoms with E-state index in [0.29, 0.717) is 0 Å². The number of benzene rings is 2. The Morgan fingerprint density at radius 1 is 0.500 bits per heavy atom. The molecule has 0 atom stereocenters. The van der Waals surface area contributed by atoms with Crippen LogP contribution in [0.15, 0.2) is 68.2 Å². The van der Waals surface area contributed by atoms with Crippen LogP contribution in [0.1, 0.15) is 112 Å². The molecule has 4 aromatic rings. The lowest BCUT2D eigenvalue weighted by Gasteiger charge is -2.14. The molecule has 0 saturated carbocycles. The van der Waals surface area contributed by atoms with Crippen LogP contribution in [0, 0.1) is 0 Å². The molecule has 246 valence electrons. The molecule has 2 aromatic carbocycles. The van der Waals surface area contributed by atoms with Crippen LogP contribution in [-0.4, -0.2) is 13.2 Å². The Morgan fingerprint density at radius 3 is 1.30 bits per heavy atom. The molecular weight excluding hydrogens is 736 g/mol. The van der Waals surface area contributed by atoms with Crippen LogP contribution in [-0.2, 0) is 0 Å². The molecule has 0 spiro atoms. The van der Waals surface area contributed by atoms with Gasteiger partial charge in [0.05, 0.1) is 20.8 Å². The minimum absolute atomic E-state index is 0.745. The molecule has 2 heterocycles. The highest BCUT2D eigenvalue weighted by Gasteiger charge is 2.10. The van der Waals surface area contributed by atoms with E-state index < -0.39 is 0 Å². The summed E-state index contributed by atoms with van der Waals surface area (Å²) in [4.78, 5) is 2.41. The molecule has 4 rings (SSSR count). The fourth-order valence-corrected chi connectivity index (χ4v) is 7.94. The van der Waals surface area contributed by atoms with E-state index in [2.05, 4.69) is 131 Å². The van der Waals surface area contributed by atoms with Gasteiger partial charge in [-0.2, -0.15) is 0 Å². The largest absolute Gasteiger partial charge is 0.493 e. The summed E-state index contributed by atoms with van der Waals surface area (Å²) in [6.45, 7) is 6.01. The van der Waals surface area contributed by atoms with Gasteiger partial charge in [-0.1, -0.05) is 90.2 Å². The average molecular weight is 785 g/mol. The maximum absolute atomic E-state index is 6.36. The number of hydrogen-bond acceptors (Lipinski definition) is 4. The van der Waals surface area contributed by atoms with Gasteiger partial charge in [0.15, 0.2) is 0 Å². The Bertz CT molecular complexity index is 1400. The quantitative estimate of drug-likeness (QED) is 0.0784. The first-order chi connectivity index (χ1) is 22.6. The predicted molar refractivity (Wildman–Crippen MR) is 212 cm³/mol. The normalized spacial score (nSPS) is 11.7. The third-order valence-corrected chi connectivity index (χ3v) is 11.1. The molecule has 6 heteroatoms. The van der Waals surface area contributed by atoms with E-state index in [-0.39, 0.29) is 0 Å². The van der Waals surface area contributed by atoms with E-state index in [0.717, 1.165) is 67.4 Å². The first-order valence-electron chi connectivity index (χ1n) is 17.0. The fourth-order valence-electron chi connectivity index (χ4n) is 5.29. The Kier molecular flexibility index (Phi) is 16.7. The van der Waals surface area contributed by atoms with Gasteiger partial charge in [0.25, 0.3) is 0 Å². The Morgan fingerprint density at radius 2 is 0.913 bits per heavy atom. The maximum Gasteiger partial charge on any atom is 0.126 e. The van der Waals surface area contributed by atoms with Gasteiger partial charge < -0.3 is 9.47 Å². The van der Waals surface area contributed by atoms with Gasteiger partial charge in [0.1, 0.15) is 11.5 Å². The molecule has 0 saturated heterocycles. The number of halogens is 2. The van der Waals surface area contributed by atoms with Crippen molar-refractivity contribution in [2.45, 2.75) is 90.9 Å². The molecule has 0 fully saturated rings. The summed E-state index contributed by atoms with van der Waals surface area (Å²) in [5.74, 6) is 1.87. The first kappa shape index (κ1) is 36.7. The van der Waals surface area contributed by atoms with Crippen molar-refractivity contribution in [2.75, 3.05) is 13.2 Å². The summed E-state index contributed by atoms with van der Waals surface area (Å²) < 4.78 is 15.0. The first-order valence-corrected chi connectivity index (χ1v) is 20.2. The molecule has 0 aliphatic carbocycles. The zero-order valence-electron chi connectivity index (χ0n) is 27.4. The fraction of sp³-hybridized carbons (Fsp3) is 0.400. The monoisotopic (exact) mass is 782 g/mol. The van der Waals surface area contributed by atoms with Crippen LogP contribution < -0.4 is 9.47 Å². The van der Waals surface area contributed by atoms with Crippen LogP contribution in [0.25, 0.3) is 35.4 Å². The summed E-state index contributed by atoms with van der Waals surface area (Å²) in [6.07, 6.45) is 23.8. The van der Waals surface area contributed by atoms with Crippen molar-refractivity contribution in [3.63, 3.8) is 0 Å². The molecule has 0 aliphatic rings. The second kappa shape index (κ2) is 21.0. The number of ether oxygens (including phenoxy) is 2. The van der Waals surface area contributed by atoms with Crippen LogP contribution in [0.5, 0.6) is 11.5 Å². The lowest BCUT2D eigenvalue weighted by molar-refractivity contribution is 0.303. The molecule has 0 unspecified atom stereocenters. The van der Waals surface area contributed by atoms with Gasteiger partial charge in [-0.05, 0) is 129 Å². The van der Waals surface area contributed by atoms with E-state index in [4.69, 9.17) is 9.47 Å². The zero-order chi connectivity index (χ0) is 32.4. The van der Waals surface area contributed by atoms with Crippen molar-refractivity contribution in [2.24, 2.45) is 0 Å². The van der Waals surface area contributed by atoms with Gasteiger partial charge in [-0.3, -0.25) is 0 Å². The van der Waals surface area contributed by atoms with Gasteiger partial charge in [-0.25, -0.2) is 0 Å². The highest BCUT2D eigenvalue weighted by molar-refractivity contribution is 9.11. The molecule has 2 aromatic heterocycles. The second-order valence-corrected chi connectivity index (χ2v) is 16.7. The highest BCUT2D eigenvalue weighted by atomic mass is 79.9. The number of rotatable bonds is 21. The van der Waals surface area contributed by atoms with Gasteiger partial charge >= 0.3 is 0 Å². The number of unbranched alkanes of at least 4 members (excludes halogenated alkanes) is 10. The van der Waals surface area contributed by atoms with Crippen molar-refractivity contribution in [1.82, 2.24) is 0 Å². The maximum atomic E-state index is 6.36. The van der Waals surface area contributed by atoms with Crippen molar-refractivity contribution in [3.05, 3.63) is 89.1 Å². The van der Waals surface area contributed by atoms with Crippen LogP contribution in [0.3, 0.4) is 0 Å². The van der Waals surface area contributed by atoms with Crippen LogP contribution in [0.2, 0.25) is 0 Å². The van der Waals surface area contributed by atoms with E-state index >= 15 is 0 Å². The summed E-state index contributed by atoms with van der Waals surface area (Å²) in [5.41, 5.74) is 4.51. The third-order valence-electron chi connectivity index (χ3n) is 7.91. The lowest BCUT2D eigenvalue weighted by atomic mass is 9.99. The van der Waals surface area contributed by atoms with E-state index in [9.17, 15) is 0 Å². The molecule has 46 heavy (non-hydrogen) atoms. The summed E-state index contributed by atoms with van der Waals surface area (Å²) in [7, 11) is 0. The Balaban J connectivity index is 1.54. The van der Waals surface area contributed by atoms with E-state index in [1.807, 2.05) is 0 Å². The van der Waals surface area contributed by atoms with E-state index in [1.165, 1.54) is 74.0 Å². The topological polar surface area (TPSA) is 18.5 Å². The summed E-state index contributed by atoms with van der Waals surface area (Å²) >= 11 is 10.7. The molecule has 2 nitrogen and oxygen atoms in total. The lowest BCUT2D eigenvalue weighted by Crippen LogP contribution is -2.00. The van der Waals surface area contributed by atoms with Gasteiger partial charge in [0.2, 0.25) is 0 Å². The Labute approximate surface area is 302 Å². The minimum atomic E-state index is 0.745. The molecule has 0 amide bonds. The number of thiophene rings is 2. The van der Waals surface area contributed by atoms with E-state index in [1.54, 1.807) is 22.7 Å². The smallest absolute Gasteiger partial charge is 0.126 e. The Hall–Kier alpha value is -2.12. The standard InChI is InChI=1S/C40H48Br2O2S2/c1-3-5-7-9-11-13-27-43-37-23-17-31(29-33(37)15-19-35-21-25-39(41)45-35)32-18-24-38(44-28-14-12-10-8-6-4-2)34(30-32)16-20-36-22-26-40(42)46-36/h15-26,29-30H,3-14,27-28H2,1-2H3/b19-15+,20-16+. The molecule has 0 aliphatic heterocycles. The second-order valence-electron chi connectivity index (χ2n) is 11.7. The highest BCUT2D eigenvalue weighted by Crippen LogP contribution is 2.34. The van der Waals surface area contributed by atoms with Crippen LogP contribution in [0.4, 0.5) is 0 Å². The van der Waals surface area contributed by atoms with Crippen LogP contribution >= 0.6 is 54.5 Å².